The van der Waals surface area contributed by atoms with Gasteiger partial charge < -0.3 is 0 Å². The van der Waals surface area contributed by atoms with Gasteiger partial charge in [0.2, 0.25) is 11.9 Å². The molecule has 0 aliphatic heterocycles. The zero-order valence-electron chi connectivity index (χ0n) is 12.6. The predicted molar refractivity (Wildman–Crippen MR) is 84.5 cm³/mol. The molecular weight excluding hydrogens is 278 g/mol. The van der Waals surface area contributed by atoms with Crippen molar-refractivity contribution in [3.63, 3.8) is 0 Å². The zero-order chi connectivity index (χ0) is 15.5. The van der Waals surface area contributed by atoms with Crippen LogP contribution in [0.1, 0.15) is 25.5 Å². The highest BCUT2D eigenvalue weighted by Gasteiger charge is 2.13. The molecule has 0 fully saturated rings. The van der Waals surface area contributed by atoms with Gasteiger partial charge in [0.15, 0.2) is 0 Å². The van der Waals surface area contributed by atoms with Crippen molar-refractivity contribution in [2.75, 3.05) is 5.32 Å². The molecule has 0 saturated heterocycles. The minimum absolute atomic E-state index is 0.0745. The smallest absolute Gasteiger partial charge is 0.229 e. The van der Waals surface area contributed by atoms with Crippen LogP contribution in [0.25, 0.3) is 17.0 Å². The summed E-state index contributed by atoms with van der Waals surface area (Å²) in [5.41, 5.74) is 3.39. The van der Waals surface area contributed by atoms with Gasteiger partial charge in [-0.3, -0.25) is 14.5 Å². The molecule has 0 aliphatic carbocycles. The fraction of sp³-hybridized carbons (Fsp3) is 0.250. The number of aromatic nitrogens is 4. The predicted octanol–water partition coefficient (Wildman–Crippen LogP) is 2.84. The van der Waals surface area contributed by atoms with Crippen LogP contribution in [0, 0.1) is 6.92 Å². The molecule has 3 aromatic heterocycles. The number of anilines is 1. The summed E-state index contributed by atoms with van der Waals surface area (Å²) in [6.45, 7) is 3.90. The number of fused-ring (bicyclic) bond motifs is 1. The molecule has 0 atom stereocenters. The van der Waals surface area contributed by atoms with E-state index in [1.165, 1.54) is 0 Å². The summed E-state index contributed by atoms with van der Waals surface area (Å²) in [6.07, 6.45) is 4.84. The Morgan fingerprint density at radius 1 is 1.27 bits per heavy atom. The lowest BCUT2D eigenvalue weighted by Crippen LogP contribution is -2.13. The summed E-state index contributed by atoms with van der Waals surface area (Å²) in [7, 11) is 0. The second-order valence-electron chi connectivity index (χ2n) is 5.04. The molecule has 22 heavy (non-hydrogen) atoms. The molecule has 0 spiro atoms. The highest BCUT2D eigenvalue weighted by molar-refractivity contribution is 5.89. The van der Waals surface area contributed by atoms with Crippen LogP contribution in [0.5, 0.6) is 0 Å². The number of hydrogen-bond donors (Lipinski definition) is 1. The van der Waals surface area contributed by atoms with Crippen LogP contribution < -0.4 is 5.32 Å². The average molecular weight is 295 g/mol. The minimum Gasteiger partial charge on any atom is -0.298 e. The van der Waals surface area contributed by atoms with Gasteiger partial charge in [-0.25, -0.2) is 15.0 Å². The third kappa shape index (κ3) is 2.67. The quantitative estimate of drug-likeness (QED) is 0.803. The van der Waals surface area contributed by atoms with E-state index >= 15 is 0 Å². The molecule has 0 aliphatic rings. The van der Waals surface area contributed by atoms with Gasteiger partial charge in [0.1, 0.15) is 5.65 Å². The Balaban J connectivity index is 2.01. The zero-order valence-corrected chi connectivity index (χ0v) is 12.6. The van der Waals surface area contributed by atoms with Crippen molar-refractivity contribution in [3.05, 3.63) is 42.4 Å². The highest BCUT2D eigenvalue weighted by Crippen LogP contribution is 2.23. The molecule has 112 valence electrons. The largest absolute Gasteiger partial charge is 0.298 e. The van der Waals surface area contributed by atoms with Gasteiger partial charge in [0.05, 0.1) is 17.1 Å². The van der Waals surface area contributed by atoms with Gasteiger partial charge in [-0.05, 0) is 31.5 Å². The van der Waals surface area contributed by atoms with Crippen molar-refractivity contribution >= 4 is 17.5 Å². The summed E-state index contributed by atoms with van der Waals surface area (Å²) in [4.78, 5) is 24.8. The lowest BCUT2D eigenvalue weighted by Gasteiger charge is -2.06. The first-order valence-electron chi connectivity index (χ1n) is 7.26. The van der Waals surface area contributed by atoms with Crippen LogP contribution in [-0.4, -0.2) is 25.3 Å². The molecule has 3 aromatic rings. The van der Waals surface area contributed by atoms with E-state index in [1.807, 2.05) is 48.7 Å². The topological polar surface area (TPSA) is 72.2 Å². The van der Waals surface area contributed by atoms with Crippen LogP contribution in [-0.2, 0) is 4.79 Å². The SMILES string of the molecule is CCCC(=O)Nc1nccc(-c2c(C)nc3ccccn23)n1. The number of imidazole rings is 1. The molecule has 6 nitrogen and oxygen atoms in total. The van der Waals surface area contributed by atoms with Crippen molar-refractivity contribution < 1.29 is 4.79 Å². The maximum absolute atomic E-state index is 11.7. The fourth-order valence-electron chi connectivity index (χ4n) is 2.39. The molecule has 1 N–H and O–H groups in total. The number of nitrogens with zero attached hydrogens (tertiary/aromatic N) is 4. The van der Waals surface area contributed by atoms with Crippen LogP contribution in [0.4, 0.5) is 5.95 Å². The van der Waals surface area contributed by atoms with E-state index < -0.39 is 0 Å². The maximum atomic E-state index is 11.7. The Morgan fingerprint density at radius 3 is 2.95 bits per heavy atom. The molecule has 0 bridgehead atoms. The molecule has 0 unspecified atom stereocenters. The highest BCUT2D eigenvalue weighted by atomic mass is 16.1. The van der Waals surface area contributed by atoms with Gasteiger partial charge in [-0.15, -0.1) is 0 Å². The van der Waals surface area contributed by atoms with Gasteiger partial charge in [-0.1, -0.05) is 13.0 Å². The number of rotatable bonds is 4. The number of nitrogens with one attached hydrogen (secondary N) is 1. The first kappa shape index (κ1) is 14.2. The summed E-state index contributed by atoms with van der Waals surface area (Å²) >= 11 is 0. The Morgan fingerprint density at radius 2 is 2.14 bits per heavy atom. The number of amides is 1. The number of aryl methyl sites for hydroxylation is 1. The van der Waals surface area contributed by atoms with Crippen molar-refractivity contribution in [1.82, 2.24) is 19.4 Å². The fourth-order valence-corrected chi connectivity index (χ4v) is 2.39. The van der Waals surface area contributed by atoms with Crippen LogP contribution >= 0.6 is 0 Å². The van der Waals surface area contributed by atoms with Crippen LogP contribution in [0.15, 0.2) is 36.7 Å². The normalized spacial score (nSPS) is 10.8. The molecule has 0 radical (unpaired) electrons. The average Bonchev–Trinajstić information content (AvgIpc) is 2.83. The van der Waals surface area contributed by atoms with E-state index in [9.17, 15) is 4.79 Å². The lowest BCUT2D eigenvalue weighted by atomic mass is 10.2. The van der Waals surface area contributed by atoms with E-state index in [4.69, 9.17) is 0 Å². The van der Waals surface area contributed by atoms with E-state index in [0.29, 0.717) is 12.4 Å². The van der Waals surface area contributed by atoms with Crippen LogP contribution in [0.3, 0.4) is 0 Å². The van der Waals surface area contributed by atoms with Gasteiger partial charge in [0, 0.05) is 18.8 Å². The number of carbonyl (C=O) groups is 1. The molecule has 3 rings (SSSR count). The third-order valence-electron chi connectivity index (χ3n) is 3.33. The monoisotopic (exact) mass is 295 g/mol. The minimum atomic E-state index is -0.0745. The molecular formula is C16H17N5O. The maximum Gasteiger partial charge on any atom is 0.229 e. The van der Waals surface area contributed by atoms with E-state index in [0.717, 1.165) is 29.1 Å². The Kier molecular flexibility index (Phi) is 3.82. The summed E-state index contributed by atoms with van der Waals surface area (Å²) in [5.74, 6) is 0.246. The van der Waals surface area contributed by atoms with Crippen molar-refractivity contribution in [1.29, 1.82) is 0 Å². The van der Waals surface area contributed by atoms with E-state index in [2.05, 4.69) is 20.3 Å². The third-order valence-corrected chi connectivity index (χ3v) is 3.33. The molecule has 1 amide bonds. The first-order valence-corrected chi connectivity index (χ1v) is 7.26. The summed E-state index contributed by atoms with van der Waals surface area (Å²) < 4.78 is 1.98. The van der Waals surface area contributed by atoms with Crippen molar-refractivity contribution in [2.24, 2.45) is 0 Å². The standard InChI is InChI=1S/C16H17N5O/c1-3-6-14(22)20-16-17-9-8-12(19-16)15-11(2)18-13-7-4-5-10-21(13)15/h4-5,7-10H,3,6H2,1-2H3,(H,17,19,20,22). The molecule has 3 heterocycles. The van der Waals surface area contributed by atoms with Crippen LogP contribution in [0.2, 0.25) is 0 Å². The van der Waals surface area contributed by atoms with Crippen molar-refractivity contribution in [2.45, 2.75) is 26.7 Å². The first-order chi connectivity index (χ1) is 10.7. The molecule has 0 saturated carbocycles. The van der Waals surface area contributed by atoms with Gasteiger partial charge in [-0.2, -0.15) is 0 Å². The second-order valence-corrected chi connectivity index (χ2v) is 5.04. The Labute approximate surface area is 128 Å². The lowest BCUT2D eigenvalue weighted by molar-refractivity contribution is -0.116. The van der Waals surface area contributed by atoms with Crippen molar-refractivity contribution in [3.8, 4) is 11.4 Å². The molecule has 6 heteroatoms. The Bertz CT molecular complexity index is 824. The Hall–Kier alpha value is -2.76. The summed E-state index contributed by atoms with van der Waals surface area (Å²) in [5, 5.41) is 2.72. The van der Waals surface area contributed by atoms with E-state index in [-0.39, 0.29) is 5.91 Å². The van der Waals surface area contributed by atoms with Gasteiger partial charge in [0.25, 0.3) is 0 Å². The van der Waals surface area contributed by atoms with Gasteiger partial charge >= 0.3 is 0 Å². The number of carbonyl (C=O) groups excluding carboxylic acids is 1. The van der Waals surface area contributed by atoms with E-state index in [1.54, 1.807) is 6.20 Å². The molecule has 0 aromatic carbocycles. The number of pyridine rings is 1. The summed E-state index contributed by atoms with van der Waals surface area (Å²) in [6, 6.07) is 7.66. The number of hydrogen-bond acceptors (Lipinski definition) is 4. The second kappa shape index (κ2) is 5.93.